The molecular formula is C16H19ClFN3O. The number of halogens is 2. The van der Waals surface area contributed by atoms with Crippen molar-refractivity contribution in [3.8, 4) is 0 Å². The van der Waals surface area contributed by atoms with E-state index in [-0.39, 0.29) is 11.7 Å². The van der Waals surface area contributed by atoms with Crippen LogP contribution >= 0.6 is 11.6 Å². The van der Waals surface area contributed by atoms with E-state index in [4.69, 9.17) is 11.6 Å². The second-order valence-corrected chi connectivity index (χ2v) is 5.60. The Balaban J connectivity index is 2.22. The minimum Gasteiger partial charge on any atom is -0.322 e. The predicted molar refractivity (Wildman–Crippen MR) is 86.0 cm³/mol. The monoisotopic (exact) mass is 323 g/mol. The van der Waals surface area contributed by atoms with Gasteiger partial charge in [-0.2, -0.15) is 5.10 Å². The summed E-state index contributed by atoms with van der Waals surface area (Å²) in [7, 11) is 0. The standard InChI is InChI=1S/C16H19ClFN3O/c1-4-5-8-21-15(17)14(11(3)20-21)16(22)19-12-7-6-10(2)13(18)9-12/h6-7,9H,4-5,8H2,1-3H3,(H,19,22). The molecule has 1 heterocycles. The average molecular weight is 324 g/mol. The smallest absolute Gasteiger partial charge is 0.260 e. The van der Waals surface area contributed by atoms with Crippen LogP contribution in [0.3, 0.4) is 0 Å². The second kappa shape index (κ2) is 6.92. The maximum Gasteiger partial charge on any atom is 0.260 e. The summed E-state index contributed by atoms with van der Waals surface area (Å²) in [5.41, 5.74) is 1.81. The highest BCUT2D eigenvalue weighted by atomic mass is 35.5. The third-order valence-electron chi connectivity index (χ3n) is 3.45. The van der Waals surface area contributed by atoms with E-state index < -0.39 is 0 Å². The number of nitrogens with zero attached hydrogens (tertiary/aromatic N) is 2. The number of aryl methyl sites for hydroxylation is 3. The van der Waals surface area contributed by atoms with Gasteiger partial charge in [-0.1, -0.05) is 31.0 Å². The van der Waals surface area contributed by atoms with Gasteiger partial charge in [-0.15, -0.1) is 0 Å². The topological polar surface area (TPSA) is 46.9 Å². The number of carbonyl (C=O) groups is 1. The summed E-state index contributed by atoms with van der Waals surface area (Å²) in [6.45, 7) is 6.14. The number of carbonyl (C=O) groups excluding carboxylic acids is 1. The normalized spacial score (nSPS) is 10.8. The number of benzene rings is 1. The van der Waals surface area contributed by atoms with Crippen LogP contribution in [0.5, 0.6) is 0 Å². The van der Waals surface area contributed by atoms with Gasteiger partial charge in [0.2, 0.25) is 0 Å². The molecule has 4 nitrogen and oxygen atoms in total. The van der Waals surface area contributed by atoms with Crippen LogP contribution < -0.4 is 5.32 Å². The zero-order valence-corrected chi connectivity index (χ0v) is 13.7. The number of hydrogen-bond donors (Lipinski definition) is 1. The maximum atomic E-state index is 13.5. The summed E-state index contributed by atoms with van der Waals surface area (Å²) in [5.74, 6) is -0.743. The fraction of sp³-hybridized carbons (Fsp3) is 0.375. The maximum absolute atomic E-state index is 13.5. The van der Waals surface area contributed by atoms with Gasteiger partial charge in [-0.3, -0.25) is 9.48 Å². The molecule has 0 saturated carbocycles. The van der Waals surface area contributed by atoms with Crippen molar-refractivity contribution in [2.45, 2.75) is 40.2 Å². The Labute approximate surface area is 134 Å². The lowest BCUT2D eigenvalue weighted by Gasteiger charge is -2.06. The van der Waals surface area contributed by atoms with Gasteiger partial charge in [0.05, 0.1) is 11.3 Å². The van der Waals surface area contributed by atoms with Gasteiger partial charge in [0.15, 0.2) is 0 Å². The molecule has 0 aliphatic carbocycles. The number of anilines is 1. The van der Waals surface area contributed by atoms with Crippen molar-refractivity contribution in [3.63, 3.8) is 0 Å². The van der Waals surface area contributed by atoms with Crippen LogP contribution in [0.2, 0.25) is 5.15 Å². The first-order chi connectivity index (χ1) is 10.4. The van der Waals surface area contributed by atoms with Gasteiger partial charge >= 0.3 is 0 Å². The molecule has 1 N–H and O–H groups in total. The number of aromatic nitrogens is 2. The number of hydrogen-bond acceptors (Lipinski definition) is 2. The van der Waals surface area contributed by atoms with Crippen molar-refractivity contribution in [1.82, 2.24) is 9.78 Å². The van der Waals surface area contributed by atoms with E-state index in [1.165, 1.54) is 6.07 Å². The molecule has 6 heteroatoms. The first-order valence-corrected chi connectivity index (χ1v) is 7.62. The zero-order valence-electron chi connectivity index (χ0n) is 12.9. The van der Waals surface area contributed by atoms with E-state index in [1.807, 2.05) is 0 Å². The lowest BCUT2D eigenvalue weighted by Crippen LogP contribution is -2.13. The summed E-state index contributed by atoms with van der Waals surface area (Å²) >= 11 is 6.25. The van der Waals surface area contributed by atoms with Gasteiger partial charge in [0.1, 0.15) is 11.0 Å². The fourth-order valence-corrected chi connectivity index (χ4v) is 2.48. The molecule has 0 aliphatic rings. The first kappa shape index (κ1) is 16.5. The fourth-order valence-electron chi connectivity index (χ4n) is 2.13. The Kier molecular flexibility index (Phi) is 5.19. The van der Waals surface area contributed by atoms with Gasteiger partial charge in [-0.05, 0) is 38.0 Å². The molecule has 2 rings (SSSR count). The van der Waals surface area contributed by atoms with Crippen molar-refractivity contribution >= 4 is 23.2 Å². The van der Waals surface area contributed by atoms with E-state index >= 15 is 0 Å². The van der Waals surface area contributed by atoms with E-state index in [0.717, 1.165) is 12.8 Å². The quantitative estimate of drug-likeness (QED) is 0.889. The number of rotatable bonds is 5. The van der Waals surface area contributed by atoms with Gasteiger partial charge in [-0.25, -0.2) is 4.39 Å². The highest BCUT2D eigenvalue weighted by molar-refractivity contribution is 6.33. The van der Waals surface area contributed by atoms with Crippen LogP contribution in [-0.2, 0) is 6.54 Å². The Hall–Kier alpha value is -1.88. The molecule has 0 spiro atoms. The van der Waals surface area contributed by atoms with E-state index in [9.17, 15) is 9.18 Å². The second-order valence-electron chi connectivity index (χ2n) is 5.25. The summed E-state index contributed by atoms with van der Waals surface area (Å²) < 4.78 is 15.2. The highest BCUT2D eigenvalue weighted by Crippen LogP contribution is 2.22. The highest BCUT2D eigenvalue weighted by Gasteiger charge is 2.20. The van der Waals surface area contributed by atoms with Crippen LogP contribution in [0, 0.1) is 19.7 Å². The minimum atomic E-state index is -0.381. The van der Waals surface area contributed by atoms with E-state index in [1.54, 1.807) is 30.7 Å². The van der Waals surface area contributed by atoms with Crippen LogP contribution in [0.25, 0.3) is 0 Å². The molecule has 0 aliphatic heterocycles. The Bertz CT molecular complexity index is 697. The number of amides is 1. The van der Waals surface area contributed by atoms with Crippen LogP contribution in [-0.4, -0.2) is 15.7 Å². The van der Waals surface area contributed by atoms with Gasteiger partial charge < -0.3 is 5.32 Å². The van der Waals surface area contributed by atoms with Crippen LogP contribution in [0.15, 0.2) is 18.2 Å². The third kappa shape index (κ3) is 3.47. The van der Waals surface area contributed by atoms with Gasteiger partial charge in [0, 0.05) is 12.2 Å². The molecule has 0 fully saturated rings. The van der Waals surface area contributed by atoms with Crippen molar-refractivity contribution in [2.24, 2.45) is 0 Å². The average Bonchev–Trinajstić information content (AvgIpc) is 2.75. The van der Waals surface area contributed by atoms with Crippen LogP contribution in [0.4, 0.5) is 10.1 Å². The molecule has 2 aromatic rings. The number of nitrogens with one attached hydrogen (secondary N) is 1. The Morgan fingerprint density at radius 1 is 1.41 bits per heavy atom. The molecule has 1 aromatic heterocycles. The molecule has 0 radical (unpaired) electrons. The molecular weight excluding hydrogens is 305 g/mol. The van der Waals surface area contributed by atoms with E-state index in [2.05, 4.69) is 17.3 Å². The third-order valence-corrected chi connectivity index (χ3v) is 3.83. The van der Waals surface area contributed by atoms with Crippen molar-refractivity contribution in [2.75, 3.05) is 5.32 Å². The van der Waals surface area contributed by atoms with Crippen molar-refractivity contribution in [1.29, 1.82) is 0 Å². The first-order valence-electron chi connectivity index (χ1n) is 7.24. The number of unbranched alkanes of at least 4 members (excludes halogenated alkanes) is 1. The Morgan fingerprint density at radius 2 is 2.14 bits per heavy atom. The minimum absolute atomic E-state index is 0.316. The molecule has 1 aromatic carbocycles. The SMILES string of the molecule is CCCCn1nc(C)c(C(=O)Nc2ccc(C)c(F)c2)c1Cl. The molecule has 0 unspecified atom stereocenters. The summed E-state index contributed by atoms with van der Waals surface area (Å²) in [4.78, 5) is 12.4. The van der Waals surface area contributed by atoms with Gasteiger partial charge in [0.25, 0.3) is 5.91 Å². The van der Waals surface area contributed by atoms with Crippen molar-refractivity contribution < 1.29 is 9.18 Å². The molecule has 0 bridgehead atoms. The molecule has 0 saturated heterocycles. The molecule has 1 amide bonds. The predicted octanol–water partition coefficient (Wildman–Crippen LogP) is 4.34. The molecule has 22 heavy (non-hydrogen) atoms. The lowest BCUT2D eigenvalue weighted by molar-refractivity contribution is 0.102. The lowest BCUT2D eigenvalue weighted by atomic mass is 10.2. The summed E-state index contributed by atoms with van der Waals surface area (Å²) in [6, 6.07) is 4.56. The zero-order chi connectivity index (χ0) is 16.3. The molecule has 118 valence electrons. The molecule has 0 atom stereocenters. The van der Waals surface area contributed by atoms with E-state index in [0.29, 0.717) is 34.2 Å². The largest absolute Gasteiger partial charge is 0.322 e. The summed E-state index contributed by atoms with van der Waals surface area (Å²) in [6.07, 6.45) is 1.95. The summed E-state index contributed by atoms with van der Waals surface area (Å²) in [5, 5.41) is 7.27. The van der Waals surface area contributed by atoms with Crippen molar-refractivity contribution in [3.05, 3.63) is 46.0 Å². The van der Waals surface area contributed by atoms with Crippen LogP contribution in [0.1, 0.15) is 41.4 Å². The Morgan fingerprint density at radius 3 is 2.77 bits per heavy atom.